The minimum absolute atomic E-state index is 0.193. The minimum atomic E-state index is -0.486. The second-order valence-electron chi connectivity index (χ2n) is 4.65. The molecule has 0 bridgehead atoms. The van der Waals surface area contributed by atoms with E-state index in [1.54, 1.807) is 24.5 Å². The van der Waals surface area contributed by atoms with Crippen molar-refractivity contribution < 1.29 is 13.9 Å². The van der Waals surface area contributed by atoms with Crippen LogP contribution in [0, 0.1) is 0 Å². The Kier molecular flexibility index (Phi) is 4.42. The molecule has 3 heterocycles. The van der Waals surface area contributed by atoms with Gasteiger partial charge in [0.2, 0.25) is 5.76 Å². The summed E-state index contributed by atoms with van der Waals surface area (Å²) in [6, 6.07) is 7.11. The van der Waals surface area contributed by atoms with Crippen molar-refractivity contribution in [3.05, 3.63) is 48.2 Å². The standard InChI is InChI=1S/C15H14N4O3S/c1-19-13(10-5-7-16-8-6-10)17-18-15(19)23-9-11-3-4-12(22-11)14(20)21-2/h3-8H,9H2,1-2H3. The normalized spacial score (nSPS) is 10.7. The van der Waals surface area contributed by atoms with Crippen molar-refractivity contribution in [2.75, 3.05) is 7.11 Å². The van der Waals surface area contributed by atoms with Gasteiger partial charge in [-0.3, -0.25) is 4.98 Å². The van der Waals surface area contributed by atoms with Gasteiger partial charge in [0.05, 0.1) is 12.9 Å². The molecule has 0 amide bonds. The van der Waals surface area contributed by atoms with Crippen LogP contribution in [0.3, 0.4) is 0 Å². The van der Waals surface area contributed by atoms with Crippen molar-refractivity contribution in [3.8, 4) is 11.4 Å². The molecule has 23 heavy (non-hydrogen) atoms. The summed E-state index contributed by atoms with van der Waals surface area (Å²) >= 11 is 1.48. The van der Waals surface area contributed by atoms with Gasteiger partial charge in [0.25, 0.3) is 0 Å². The highest BCUT2D eigenvalue weighted by Crippen LogP contribution is 2.25. The van der Waals surface area contributed by atoms with Gasteiger partial charge in [-0.15, -0.1) is 10.2 Å². The van der Waals surface area contributed by atoms with Crippen LogP contribution in [-0.4, -0.2) is 32.8 Å². The Labute approximate surface area is 136 Å². The van der Waals surface area contributed by atoms with Crippen molar-refractivity contribution in [1.29, 1.82) is 0 Å². The molecule has 0 saturated heterocycles. The van der Waals surface area contributed by atoms with Crippen LogP contribution in [0.2, 0.25) is 0 Å². The van der Waals surface area contributed by atoms with E-state index in [0.717, 1.165) is 16.5 Å². The average molecular weight is 330 g/mol. The van der Waals surface area contributed by atoms with E-state index in [9.17, 15) is 4.79 Å². The molecule has 0 unspecified atom stereocenters. The highest BCUT2D eigenvalue weighted by molar-refractivity contribution is 7.98. The molecule has 7 nitrogen and oxygen atoms in total. The number of rotatable bonds is 5. The Morgan fingerprint density at radius 2 is 2.04 bits per heavy atom. The zero-order valence-corrected chi connectivity index (χ0v) is 13.4. The molecule has 3 rings (SSSR count). The summed E-state index contributed by atoms with van der Waals surface area (Å²) in [7, 11) is 3.22. The summed E-state index contributed by atoms with van der Waals surface area (Å²) in [6.07, 6.45) is 3.43. The van der Waals surface area contributed by atoms with Crippen LogP contribution in [-0.2, 0) is 17.5 Å². The molecule has 0 aromatic carbocycles. The zero-order valence-electron chi connectivity index (χ0n) is 12.6. The predicted octanol–water partition coefficient (Wildman–Crippen LogP) is 2.55. The Morgan fingerprint density at radius 1 is 1.26 bits per heavy atom. The summed E-state index contributed by atoms with van der Waals surface area (Å²) in [5.41, 5.74) is 0.952. The highest BCUT2D eigenvalue weighted by atomic mass is 32.2. The molecule has 118 valence electrons. The number of hydrogen-bond acceptors (Lipinski definition) is 7. The number of carbonyl (C=O) groups is 1. The fourth-order valence-corrected chi connectivity index (χ4v) is 2.80. The number of pyridine rings is 1. The lowest BCUT2D eigenvalue weighted by atomic mass is 10.2. The van der Waals surface area contributed by atoms with Crippen LogP contribution in [0.5, 0.6) is 0 Å². The Bertz CT molecular complexity index is 813. The number of ether oxygens (including phenoxy) is 1. The second kappa shape index (κ2) is 6.66. The van der Waals surface area contributed by atoms with Crippen LogP contribution in [0.15, 0.2) is 46.2 Å². The van der Waals surface area contributed by atoms with Crippen molar-refractivity contribution in [3.63, 3.8) is 0 Å². The van der Waals surface area contributed by atoms with Crippen LogP contribution in [0.4, 0.5) is 0 Å². The first-order chi connectivity index (χ1) is 11.2. The van der Waals surface area contributed by atoms with Crippen molar-refractivity contribution >= 4 is 17.7 Å². The Morgan fingerprint density at radius 3 is 2.78 bits per heavy atom. The van der Waals surface area contributed by atoms with E-state index in [0.29, 0.717) is 11.5 Å². The number of methoxy groups -OCH3 is 1. The van der Waals surface area contributed by atoms with Gasteiger partial charge in [-0.2, -0.15) is 0 Å². The summed E-state index contributed by atoms with van der Waals surface area (Å²) in [6.45, 7) is 0. The average Bonchev–Trinajstić information content (AvgIpc) is 3.20. The van der Waals surface area contributed by atoms with Crippen molar-refractivity contribution in [2.45, 2.75) is 10.9 Å². The summed E-state index contributed by atoms with van der Waals surface area (Å²) < 4.78 is 11.9. The minimum Gasteiger partial charge on any atom is -0.463 e. The quantitative estimate of drug-likeness (QED) is 0.525. The van der Waals surface area contributed by atoms with Gasteiger partial charge in [-0.1, -0.05) is 11.8 Å². The summed E-state index contributed by atoms with van der Waals surface area (Å²) in [4.78, 5) is 15.4. The van der Waals surface area contributed by atoms with E-state index in [2.05, 4.69) is 19.9 Å². The number of furan rings is 1. The van der Waals surface area contributed by atoms with Crippen LogP contribution in [0.1, 0.15) is 16.3 Å². The van der Waals surface area contributed by atoms with Gasteiger partial charge in [0.1, 0.15) is 5.76 Å². The van der Waals surface area contributed by atoms with E-state index in [1.807, 2.05) is 23.7 Å². The molecular formula is C15H14N4O3S. The molecule has 0 spiro atoms. The van der Waals surface area contributed by atoms with E-state index < -0.39 is 5.97 Å². The molecule has 0 aliphatic carbocycles. The Hall–Kier alpha value is -2.61. The largest absolute Gasteiger partial charge is 0.463 e. The van der Waals surface area contributed by atoms with Crippen molar-refractivity contribution in [1.82, 2.24) is 19.7 Å². The van der Waals surface area contributed by atoms with E-state index in [-0.39, 0.29) is 5.76 Å². The molecule has 3 aromatic heterocycles. The lowest BCUT2D eigenvalue weighted by molar-refractivity contribution is 0.0563. The van der Waals surface area contributed by atoms with Crippen LogP contribution >= 0.6 is 11.8 Å². The van der Waals surface area contributed by atoms with Crippen LogP contribution < -0.4 is 0 Å². The molecule has 0 aliphatic heterocycles. The zero-order chi connectivity index (χ0) is 16.2. The number of nitrogens with zero attached hydrogens (tertiary/aromatic N) is 4. The molecule has 0 radical (unpaired) electrons. The van der Waals surface area contributed by atoms with E-state index in [4.69, 9.17) is 4.42 Å². The molecule has 8 heteroatoms. The maximum Gasteiger partial charge on any atom is 0.373 e. The fraction of sp³-hybridized carbons (Fsp3) is 0.200. The molecule has 0 N–H and O–H groups in total. The van der Waals surface area contributed by atoms with Crippen LogP contribution in [0.25, 0.3) is 11.4 Å². The SMILES string of the molecule is COC(=O)c1ccc(CSc2nnc(-c3ccncc3)n2C)o1. The summed E-state index contributed by atoms with van der Waals surface area (Å²) in [5, 5.41) is 9.15. The molecule has 0 saturated carbocycles. The predicted molar refractivity (Wildman–Crippen MR) is 83.8 cm³/mol. The fourth-order valence-electron chi connectivity index (χ4n) is 1.99. The maximum atomic E-state index is 11.4. The third kappa shape index (κ3) is 3.26. The molecule has 0 aliphatic rings. The lowest BCUT2D eigenvalue weighted by Crippen LogP contribution is -1.98. The molecule has 0 fully saturated rings. The third-order valence-corrected chi connectivity index (χ3v) is 4.21. The first kappa shape index (κ1) is 15.3. The van der Waals surface area contributed by atoms with Crippen molar-refractivity contribution in [2.24, 2.45) is 7.05 Å². The van der Waals surface area contributed by atoms with Gasteiger partial charge in [-0.05, 0) is 24.3 Å². The van der Waals surface area contributed by atoms with Gasteiger partial charge in [-0.25, -0.2) is 4.79 Å². The topological polar surface area (TPSA) is 83.0 Å². The lowest BCUT2D eigenvalue weighted by Gasteiger charge is -2.02. The smallest absolute Gasteiger partial charge is 0.373 e. The second-order valence-corrected chi connectivity index (χ2v) is 5.59. The van der Waals surface area contributed by atoms with Gasteiger partial charge >= 0.3 is 5.97 Å². The number of esters is 1. The first-order valence-corrected chi connectivity index (χ1v) is 7.77. The number of thioether (sulfide) groups is 1. The number of aromatic nitrogens is 4. The third-order valence-electron chi connectivity index (χ3n) is 3.17. The number of hydrogen-bond donors (Lipinski definition) is 0. The summed E-state index contributed by atoms with van der Waals surface area (Å²) in [5.74, 6) is 1.69. The Balaban J connectivity index is 1.71. The molecule has 3 aromatic rings. The highest BCUT2D eigenvalue weighted by Gasteiger charge is 2.14. The molecule has 0 atom stereocenters. The molecular weight excluding hydrogens is 316 g/mol. The maximum absolute atomic E-state index is 11.4. The monoisotopic (exact) mass is 330 g/mol. The van der Waals surface area contributed by atoms with Gasteiger partial charge in [0, 0.05) is 25.0 Å². The van der Waals surface area contributed by atoms with Gasteiger partial charge in [0.15, 0.2) is 11.0 Å². The first-order valence-electron chi connectivity index (χ1n) is 6.78. The van der Waals surface area contributed by atoms with E-state index in [1.165, 1.54) is 18.9 Å². The van der Waals surface area contributed by atoms with E-state index >= 15 is 0 Å². The van der Waals surface area contributed by atoms with Gasteiger partial charge < -0.3 is 13.7 Å². The number of carbonyl (C=O) groups excluding carboxylic acids is 1.